The molecule has 23 N–H and O–H groups in total. The third kappa shape index (κ3) is 19.2. The van der Waals surface area contributed by atoms with Crippen molar-refractivity contribution in [2.45, 2.75) is 16.7 Å². The summed E-state index contributed by atoms with van der Waals surface area (Å²) >= 11 is 0. The van der Waals surface area contributed by atoms with Gasteiger partial charge in [-0.3, -0.25) is 0 Å². The van der Waals surface area contributed by atoms with E-state index in [0.29, 0.717) is 0 Å². The first kappa shape index (κ1) is 63.3. The van der Waals surface area contributed by atoms with Crippen molar-refractivity contribution in [2.24, 2.45) is 0 Å². The van der Waals surface area contributed by atoms with Crippen LogP contribution in [0, 0.1) is 11.3 Å². The molecule has 1 aromatic rings. The van der Waals surface area contributed by atoms with Crippen LogP contribution in [0.3, 0.4) is 0 Å². The second kappa shape index (κ2) is 23.5. The number of nitrogens with zero attached hydrogens (tertiary/aromatic N) is 1. The van der Waals surface area contributed by atoms with Crippen LogP contribution in [0.5, 0.6) is 11.5 Å². The predicted octanol–water partition coefficient (Wildman–Crippen LogP) is -7.65. The SMILES string of the molecule is CC#N.O.O.O.O=S(=O)([O-])c1cc(S(=O)(=O)[O-])c(O)cc1O.[OH3+].[OH3+].[OH3+].[OH3+].[OH3+].[Zn+2]. The Hall–Kier alpha value is -1.57. The summed E-state index contributed by atoms with van der Waals surface area (Å²) in [6, 6.07) is 2.14. The normalized spacial score (nSPS) is 7.50. The van der Waals surface area contributed by atoms with Crippen LogP contribution in [0.25, 0.3) is 0 Å². The van der Waals surface area contributed by atoms with Crippen LogP contribution in [-0.4, -0.2) is 52.6 Å². The molecule has 0 aliphatic carbocycles. The van der Waals surface area contributed by atoms with E-state index in [1.165, 1.54) is 6.92 Å². The molecule has 0 radical (unpaired) electrons. The fourth-order valence-corrected chi connectivity index (χ4v) is 2.17. The Balaban J connectivity index is -0.0000000318. The molecule has 20 heteroatoms. The van der Waals surface area contributed by atoms with Crippen molar-refractivity contribution in [3.8, 4) is 17.6 Å². The first-order valence-corrected chi connectivity index (χ1v) is 7.05. The van der Waals surface area contributed by atoms with Crippen molar-refractivity contribution < 1.29 is 99.4 Å². The molecule has 0 amide bonds. The summed E-state index contributed by atoms with van der Waals surface area (Å²) in [5.74, 6) is -2.28. The van der Waals surface area contributed by atoms with Gasteiger partial charge >= 0.3 is 19.5 Å². The van der Waals surface area contributed by atoms with Gasteiger partial charge in [0.25, 0.3) is 0 Å². The molecular weight excluding hydrogens is 496 g/mol. The quantitative estimate of drug-likeness (QED) is 0.210. The van der Waals surface area contributed by atoms with Gasteiger partial charge in [0, 0.05) is 13.0 Å². The molecule has 0 aromatic heterocycles. The number of rotatable bonds is 2. The minimum atomic E-state index is -5.15. The summed E-state index contributed by atoms with van der Waals surface area (Å²) in [6.07, 6.45) is 0. The van der Waals surface area contributed by atoms with Crippen molar-refractivity contribution in [3.63, 3.8) is 0 Å². The second-order valence-electron chi connectivity index (χ2n) is 2.92. The molecule has 0 heterocycles. The Bertz CT molecular complexity index is 674. The molecule has 17 nitrogen and oxygen atoms in total. The van der Waals surface area contributed by atoms with E-state index in [4.69, 9.17) is 15.5 Å². The van der Waals surface area contributed by atoms with E-state index < -0.39 is 41.5 Å². The number of hydrogen-bond donors (Lipinski definition) is 2. The zero-order valence-electron chi connectivity index (χ0n) is 14.4. The zero-order valence-corrected chi connectivity index (χ0v) is 19.0. The molecule has 0 aliphatic rings. The van der Waals surface area contributed by atoms with Gasteiger partial charge in [0.05, 0.1) is 15.9 Å². The van der Waals surface area contributed by atoms with Crippen molar-refractivity contribution in [2.75, 3.05) is 0 Å². The molecule has 1 rings (SSSR count). The van der Waals surface area contributed by atoms with Crippen LogP contribution in [0.2, 0.25) is 0 Å². The van der Waals surface area contributed by atoms with Gasteiger partial charge in [0.2, 0.25) is 0 Å². The van der Waals surface area contributed by atoms with Crippen molar-refractivity contribution in [1.82, 2.24) is 0 Å². The molecule has 0 aliphatic heterocycles. The minimum Gasteiger partial charge on any atom is -0.744 e. The Kier molecular flexibility index (Phi) is 53.1. The number of hydrogen-bond acceptors (Lipinski definition) is 9. The van der Waals surface area contributed by atoms with Crippen LogP contribution >= 0.6 is 0 Å². The standard InChI is InChI=1S/C6H6O8S2.C2H3N.8H2O.Zn/c7-3-1-4(8)6(16(12,13)14)2-5(3)15(9,10)11;1-2-3;;;;;;;;;/h1-2,7-8H,(H,9,10,11)(H,12,13,14);1H3;8*1H2;/q;;;;;;;;;;+2/p+3. The second-order valence-corrected chi connectivity index (χ2v) is 5.62. The van der Waals surface area contributed by atoms with Crippen LogP contribution in [0.4, 0.5) is 0 Å². The van der Waals surface area contributed by atoms with Gasteiger partial charge in [-0.2, -0.15) is 5.26 Å². The predicted molar refractivity (Wildman–Crippen MR) is 92.2 cm³/mol. The fourth-order valence-electron chi connectivity index (χ4n) is 0.939. The fraction of sp³-hybridized carbons (Fsp3) is 0.125. The molecule has 0 saturated heterocycles. The van der Waals surface area contributed by atoms with E-state index in [1.807, 2.05) is 0 Å². The number of phenolic OH excluding ortho intramolecular Hbond substituents is 2. The summed E-state index contributed by atoms with van der Waals surface area (Å²) in [5.41, 5.74) is 0. The van der Waals surface area contributed by atoms with E-state index in [0.717, 1.165) is 0 Å². The van der Waals surface area contributed by atoms with Crippen molar-refractivity contribution in [1.29, 1.82) is 5.26 Å². The average Bonchev–Trinajstić information content (AvgIpc) is 2.13. The van der Waals surface area contributed by atoms with Crippen molar-refractivity contribution in [3.05, 3.63) is 12.1 Å². The molecular formula is C8H28NO16S2Zn+5. The molecule has 0 saturated carbocycles. The topological polar surface area (TPSA) is 438 Å². The maximum atomic E-state index is 10.6. The summed E-state index contributed by atoms with van der Waals surface area (Å²) in [6.45, 7) is 1.43. The summed E-state index contributed by atoms with van der Waals surface area (Å²) in [5, 5.41) is 25.3. The van der Waals surface area contributed by atoms with Crippen molar-refractivity contribution >= 4 is 20.2 Å². The van der Waals surface area contributed by atoms with Crippen LogP contribution in [-0.2, 0) is 67.1 Å². The Morgan fingerprint density at radius 2 is 0.964 bits per heavy atom. The molecule has 0 spiro atoms. The third-order valence-electron chi connectivity index (χ3n) is 1.58. The largest absolute Gasteiger partial charge is 2.00 e. The number of nitriles is 1. The summed E-state index contributed by atoms with van der Waals surface area (Å²) < 4.78 is 63.3. The van der Waals surface area contributed by atoms with Gasteiger partial charge in [0.15, 0.2) is 0 Å². The van der Waals surface area contributed by atoms with E-state index in [-0.39, 0.29) is 75.4 Å². The van der Waals surface area contributed by atoms with Gasteiger partial charge in [-0.1, -0.05) is 0 Å². The molecule has 28 heavy (non-hydrogen) atoms. The number of phenols is 2. The first-order valence-electron chi connectivity index (χ1n) is 4.23. The monoisotopic (exact) mass is 522 g/mol. The van der Waals surface area contributed by atoms with E-state index in [1.54, 1.807) is 6.07 Å². The third-order valence-corrected chi connectivity index (χ3v) is 3.31. The van der Waals surface area contributed by atoms with E-state index >= 15 is 0 Å². The molecule has 170 valence electrons. The molecule has 1 aromatic carbocycles. The minimum absolute atomic E-state index is 0. The summed E-state index contributed by atoms with van der Waals surface area (Å²) in [4.78, 5) is -2.58. The van der Waals surface area contributed by atoms with Crippen LogP contribution in [0.1, 0.15) is 6.92 Å². The summed E-state index contributed by atoms with van der Waals surface area (Å²) in [7, 11) is -10.3. The van der Waals surface area contributed by atoms with Gasteiger partial charge in [-0.05, 0) is 6.07 Å². The van der Waals surface area contributed by atoms with Crippen LogP contribution < -0.4 is 0 Å². The van der Waals surface area contributed by atoms with Gasteiger partial charge in [-0.15, -0.1) is 0 Å². The van der Waals surface area contributed by atoms with E-state index in [2.05, 4.69) is 0 Å². The molecule has 0 atom stereocenters. The molecule has 0 bridgehead atoms. The Labute approximate surface area is 171 Å². The van der Waals surface area contributed by atoms with Gasteiger partial charge < -0.3 is 63.1 Å². The Morgan fingerprint density at radius 1 is 0.786 bits per heavy atom. The first-order chi connectivity index (χ1) is 8.45. The smallest absolute Gasteiger partial charge is 0.744 e. The van der Waals surface area contributed by atoms with Gasteiger partial charge in [0.1, 0.15) is 31.7 Å². The Morgan fingerprint density at radius 3 is 1.11 bits per heavy atom. The zero-order chi connectivity index (χ0) is 15.4. The molecule has 0 unspecified atom stereocenters. The molecule has 0 fully saturated rings. The van der Waals surface area contributed by atoms with E-state index in [9.17, 15) is 25.9 Å². The number of aromatic hydroxyl groups is 2. The maximum absolute atomic E-state index is 10.6. The van der Waals surface area contributed by atoms with Gasteiger partial charge in [-0.25, -0.2) is 16.8 Å². The average molecular weight is 524 g/mol. The maximum Gasteiger partial charge on any atom is 2.00 e. The number of benzene rings is 1. The van der Waals surface area contributed by atoms with Crippen LogP contribution in [0.15, 0.2) is 21.9 Å².